The number of hydrogen-bond donors (Lipinski definition) is 0. The molecule has 0 aromatic heterocycles. The predicted octanol–water partition coefficient (Wildman–Crippen LogP) is 2.22. The molecule has 1 rings (SSSR count). The molecular formula is C9H15O. The van der Waals surface area contributed by atoms with Crippen molar-refractivity contribution in [1.82, 2.24) is 0 Å². The van der Waals surface area contributed by atoms with Crippen molar-refractivity contribution in [2.45, 2.75) is 32.6 Å². The van der Waals surface area contributed by atoms with E-state index in [1.807, 2.05) is 6.92 Å². The van der Waals surface area contributed by atoms with Gasteiger partial charge in [0.15, 0.2) is 0 Å². The van der Waals surface area contributed by atoms with E-state index in [9.17, 15) is 4.79 Å². The Morgan fingerprint density at radius 1 is 1.70 bits per heavy atom. The lowest BCUT2D eigenvalue weighted by Gasteiger charge is -2.24. The fourth-order valence-corrected chi connectivity index (χ4v) is 1.60. The van der Waals surface area contributed by atoms with Gasteiger partial charge in [-0.3, -0.25) is 4.79 Å². The third-order valence-corrected chi connectivity index (χ3v) is 2.44. The molecule has 0 aromatic rings. The van der Waals surface area contributed by atoms with Crippen molar-refractivity contribution in [3.05, 3.63) is 6.92 Å². The van der Waals surface area contributed by atoms with E-state index in [4.69, 9.17) is 0 Å². The number of carbonyl (C=O) groups excluding carboxylic acids is 1. The minimum absolute atomic E-state index is 0.306. The fraction of sp³-hybridized carbons (Fsp3) is 0.778. The van der Waals surface area contributed by atoms with Gasteiger partial charge in [-0.1, -0.05) is 20.3 Å². The molecule has 0 aromatic carbocycles. The van der Waals surface area contributed by atoms with Crippen LogP contribution in [0.2, 0.25) is 0 Å². The first-order valence-corrected chi connectivity index (χ1v) is 4.06. The van der Waals surface area contributed by atoms with Gasteiger partial charge >= 0.3 is 0 Å². The van der Waals surface area contributed by atoms with Crippen molar-refractivity contribution in [1.29, 1.82) is 0 Å². The summed E-state index contributed by atoms with van der Waals surface area (Å²) in [5.41, 5.74) is 0. The summed E-state index contributed by atoms with van der Waals surface area (Å²) in [5, 5.41) is 0. The number of Topliss-reactive ketones (excluding diaryl/α,β-unsaturated/α-hetero) is 1. The van der Waals surface area contributed by atoms with E-state index < -0.39 is 0 Å². The topological polar surface area (TPSA) is 17.1 Å². The molecule has 0 N–H and O–H groups in total. The van der Waals surface area contributed by atoms with E-state index in [1.165, 1.54) is 0 Å². The summed E-state index contributed by atoms with van der Waals surface area (Å²) in [7, 11) is 0. The number of carbonyl (C=O) groups is 1. The number of hydrogen-bond acceptors (Lipinski definition) is 1. The summed E-state index contributed by atoms with van der Waals surface area (Å²) in [6.07, 6.45) is 3.94. The molecular weight excluding hydrogens is 124 g/mol. The van der Waals surface area contributed by atoms with Gasteiger partial charge in [0.05, 0.1) is 0 Å². The highest BCUT2D eigenvalue weighted by atomic mass is 16.1. The quantitative estimate of drug-likeness (QED) is 0.544. The molecule has 1 aliphatic carbocycles. The van der Waals surface area contributed by atoms with Gasteiger partial charge in [-0.05, 0) is 18.8 Å². The smallest absolute Gasteiger partial charge is 0.135 e. The average Bonchev–Trinajstić information content (AvgIpc) is 1.95. The van der Waals surface area contributed by atoms with Gasteiger partial charge in [0, 0.05) is 12.3 Å². The third kappa shape index (κ3) is 1.59. The van der Waals surface area contributed by atoms with E-state index in [0.29, 0.717) is 17.6 Å². The van der Waals surface area contributed by atoms with Crippen LogP contribution in [0.1, 0.15) is 32.6 Å². The summed E-state index contributed by atoms with van der Waals surface area (Å²) in [6.45, 7) is 5.89. The standard InChI is InChI=1S/C9H15O/c1-3-8-4-5-9(10)7(2)6-8/h7-8H,1,3-6H2,2H3. The van der Waals surface area contributed by atoms with Gasteiger partial charge in [0.25, 0.3) is 0 Å². The van der Waals surface area contributed by atoms with Crippen LogP contribution in [0.3, 0.4) is 0 Å². The van der Waals surface area contributed by atoms with Crippen molar-refractivity contribution in [2.75, 3.05) is 0 Å². The molecule has 1 saturated carbocycles. The summed E-state index contributed by atoms with van der Waals surface area (Å²) < 4.78 is 0. The molecule has 0 aliphatic heterocycles. The van der Waals surface area contributed by atoms with Gasteiger partial charge in [-0.25, -0.2) is 0 Å². The second-order valence-electron chi connectivity index (χ2n) is 3.30. The Morgan fingerprint density at radius 2 is 2.40 bits per heavy atom. The maximum Gasteiger partial charge on any atom is 0.135 e. The predicted molar refractivity (Wildman–Crippen MR) is 41.5 cm³/mol. The first kappa shape index (κ1) is 7.77. The van der Waals surface area contributed by atoms with Crippen molar-refractivity contribution < 1.29 is 4.79 Å². The molecule has 10 heavy (non-hydrogen) atoms. The Hall–Kier alpha value is -0.330. The van der Waals surface area contributed by atoms with Crippen LogP contribution in [-0.2, 0) is 4.79 Å². The second-order valence-corrected chi connectivity index (χ2v) is 3.30. The van der Waals surface area contributed by atoms with Crippen LogP contribution in [-0.4, -0.2) is 5.78 Å². The molecule has 0 heterocycles. The lowest BCUT2D eigenvalue weighted by molar-refractivity contribution is -0.124. The Labute approximate surface area is 62.8 Å². The molecule has 0 spiro atoms. The largest absolute Gasteiger partial charge is 0.299 e. The normalized spacial score (nSPS) is 34.4. The monoisotopic (exact) mass is 139 g/mol. The zero-order chi connectivity index (χ0) is 7.56. The highest BCUT2D eigenvalue weighted by Gasteiger charge is 2.23. The first-order valence-electron chi connectivity index (χ1n) is 4.06. The molecule has 1 radical (unpaired) electrons. The maximum absolute atomic E-state index is 11.0. The molecule has 0 bridgehead atoms. The third-order valence-electron chi connectivity index (χ3n) is 2.44. The fourth-order valence-electron chi connectivity index (χ4n) is 1.60. The van der Waals surface area contributed by atoms with Gasteiger partial charge in [0.1, 0.15) is 5.78 Å². The van der Waals surface area contributed by atoms with Crippen molar-refractivity contribution in [3.8, 4) is 0 Å². The van der Waals surface area contributed by atoms with Crippen LogP contribution in [0.15, 0.2) is 0 Å². The molecule has 1 fully saturated rings. The molecule has 57 valence electrons. The lowest BCUT2D eigenvalue weighted by atomic mass is 9.80. The number of rotatable bonds is 1. The maximum atomic E-state index is 11.0. The average molecular weight is 139 g/mol. The molecule has 1 heteroatoms. The molecule has 1 aliphatic rings. The summed E-state index contributed by atoms with van der Waals surface area (Å²) in [5.74, 6) is 1.47. The van der Waals surface area contributed by atoms with Crippen LogP contribution >= 0.6 is 0 Å². The van der Waals surface area contributed by atoms with Crippen LogP contribution in [0.4, 0.5) is 0 Å². The van der Waals surface area contributed by atoms with E-state index in [2.05, 4.69) is 6.92 Å². The van der Waals surface area contributed by atoms with Crippen molar-refractivity contribution in [3.63, 3.8) is 0 Å². The molecule has 1 nitrogen and oxygen atoms in total. The van der Waals surface area contributed by atoms with E-state index in [0.717, 1.165) is 25.7 Å². The molecule has 2 atom stereocenters. The minimum atomic E-state index is 0.306. The Morgan fingerprint density at radius 3 is 2.90 bits per heavy atom. The minimum Gasteiger partial charge on any atom is -0.299 e. The Kier molecular flexibility index (Phi) is 2.47. The molecule has 2 unspecified atom stereocenters. The highest BCUT2D eigenvalue weighted by Crippen LogP contribution is 2.27. The highest BCUT2D eigenvalue weighted by molar-refractivity contribution is 5.81. The van der Waals surface area contributed by atoms with E-state index in [-0.39, 0.29) is 0 Å². The Bertz CT molecular complexity index is 129. The van der Waals surface area contributed by atoms with E-state index >= 15 is 0 Å². The van der Waals surface area contributed by atoms with Crippen molar-refractivity contribution in [2.24, 2.45) is 11.8 Å². The van der Waals surface area contributed by atoms with Crippen LogP contribution < -0.4 is 0 Å². The summed E-state index contributed by atoms with van der Waals surface area (Å²) in [6, 6.07) is 0. The number of ketones is 1. The summed E-state index contributed by atoms with van der Waals surface area (Å²) in [4.78, 5) is 11.0. The van der Waals surface area contributed by atoms with Crippen molar-refractivity contribution >= 4 is 5.78 Å². The van der Waals surface area contributed by atoms with Crippen LogP contribution in [0, 0.1) is 18.8 Å². The molecule has 0 amide bonds. The molecule has 0 saturated heterocycles. The van der Waals surface area contributed by atoms with E-state index in [1.54, 1.807) is 0 Å². The SMILES string of the molecule is [CH2]CC1CCC(=O)C(C)C1. The first-order chi connectivity index (χ1) is 4.74. The zero-order valence-electron chi connectivity index (χ0n) is 6.60. The van der Waals surface area contributed by atoms with Crippen LogP contribution in [0.5, 0.6) is 0 Å². The lowest BCUT2D eigenvalue weighted by Crippen LogP contribution is -2.21. The van der Waals surface area contributed by atoms with Gasteiger partial charge in [-0.2, -0.15) is 0 Å². The van der Waals surface area contributed by atoms with Gasteiger partial charge in [-0.15, -0.1) is 0 Å². The zero-order valence-corrected chi connectivity index (χ0v) is 6.60. The van der Waals surface area contributed by atoms with Gasteiger partial charge < -0.3 is 0 Å². The Balaban J connectivity index is 2.40. The van der Waals surface area contributed by atoms with Gasteiger partial charge in [0.2, 0.25) is 0 Å². The van der Waals surface area contributed by atoms with Crippen LogP contribution in [0.25, 0.3) is 0 Å². The second kappa shape index (κ2) is 3.18. The summed E-state index contributed by atoms with van der Waals surface area (Å²) >= 11 is 0.